The van der Waals surface area contributed by atoms with Crippen LogP contribution < -0.4 is 4.74 Å². The lowest BCUT2D eigenvalue weighted by Gasteiger charge is -2.09. The summed E-state index contributed by atoms with van der Waals surface area (Å²) in [6.07, 6.45) is 0. The zero-order valence-corrected chi connectivity index (χ0v) is 11.3. The fraction of sp³-hybridized carbons (Fsp3) is 0.0625. The number of ether oxygens (including phenoxy) is 1. The van der Waals surface area contributed by atoms with E-state index < -0.39 is 0 Å². The van der Waals surface area contributed by atoms with Gasteiger partial charge in [0.2, 0.25) is 5.88 Å². The Hall–Kier alpha value is -2.10. The molecule has 0 aliphatic rings. The van der Waals surface area contributed by atoms with Crippen molar-refractivity contribution < 1.29 is 9.84 Å². The lowest BCUT2D eigenvalue weighted by Crippen LogP contribution is -1.93. The van der Waals surface area contributed by atoms with Crippen molar-refractivity contribution in [1.29, 1.82) is 0 Å². The summed E-state index contributed by atoms with van der Waals surface area (Å²) in [5, 5.41) is 11.0. The fourth-order valence-electron chi connectivity index (χ4n) is 2.03. The number of hydrogen-bond donors (Lipinski definition) is 1. The molecular weight excluding hydrogens is 274 g/mol. The van der Waals surface area contributed by atoms with Crippen LogP contribution >= 0.6 is 11.6 Å². The SMILES string of the molecule is OCc1cc(Oc2ccc(Cl)cc2)nc2ccccc12. The zero-order chi connectivity index (χ0) is 13.9. The molecule has 2 aromatic carbocycles. The Kier molecular flexibility index (Phi) is 3.54. The molecule has 0 amide bonds. The van der Waals surface area contributed by atoms with Crippen LogP contribution in [-0.4, -0.2) is 10.1 Å². The van der Waals surface area contributed by atoms with Crippen molar-refractivity contribution >= 4 is 22.5 Å². The van der Waals surface area contributed by atoms with Gasteiger partial charge in [-0.05, 0) is 35.9 Å². The van der Waals surface area contributed by atoms with E-state index in [9.17, 15) is 5.11 Å². The minimum atomic E-state index is -0.0555. The molecule has 0 aliphatic heterocycles. The van der Waals surface area contributed by atoms with Crippen LogP contribution in [-0.2, 0) is 6.61 Å². The van der Waals surface area contributed by atoms with Crippen LogP contribution in [0.25, 0.3) is 10.9 Å². The maximum Gasteiger partial charge on any atom is 0.220 e. The first-order chi connectivity index (χ1) is 9.76. The zero-order valence-electron chi connectivity index (χ0n) is 10.6. The van der Waals surface area contributed by atoms with Crippen molar-refractivity contribution in [3.63, 3.8) is 0 Å². The standard InChI is InChI=1S/C16H12ClNO2/c17-12-5-7-13(8-6-12)20-16-9-11(10-19)14-3-1-2-4-15(14)18-16/h1-9,19H,10H2. The van der Waals surface area contributed by atoms with E-state index >= 15 is 0 Å². The Labute approximate surface area is 121 Å². The molecule has 0 saturated heterocycles. The minimum absolute atomic E-state index is 0.0555. The second kappa shape index (κ2) is 5.49. The maximum absolute atomic E-state index is 9.46. The number of halogens is 1. The number of aliphatic hydroxyl groups is 1. The molecule has 20 heavy (non-hydrogen) atoms. The fourth-order valence-corrected chi connectivity index (χ4v) is 2.15. The van der Waals surface area contributed by atoms with Gasteiger partial charge in [-0.25, -0.2) is 4.98 Å². The van der Waals surface area contributed by atoms with E-state index in [0.717, 1.165) is 16.5 Å². The Morgan fingerprint density at radius 1 is 1.05 bits per heavy atom. The molecule has 3 aromatic rings. The number of benzene rings is 2. The average Bonchev–Trinajstić information content (AvgIpc) is 2.49. The predicted octanol–water partition coefficient (Wildman–Crippen LogP) is 4.17. The van der Waals surface area contributed by atoms with E-state index in [0.29, 0.717) is 16.7 Å². The Morgan fingerprint density at radius 2 is 1.80 bits per heavy atom. The van der Waals surface area contributed by atoms with Gasteiger partial charge in [0.25, 0.3) is 0 Å². The van der Waals surface area contributed by atoms with E-state index in [1.165, 1.54) is 0 Å². The van der Waals surface area contributed by atoms with Gasteiger partial charge in [0.15, 0.2) is 0 Å². The third-order valence-electron chi connectivity index (χ3n) is 2.98. The van der Waals surface area contributed by atoms with Crippen LogP contribution in [0, 0.1) is 0 Å². The molecule has 1 N–H and O–H groups in total. The molecule has 0 saturated carbocycles. The number of nitrogens with zero attached hydrogens (tertiary/aromatic N) is 1. The molecule has 1 heterocycles. The number of hydrogen-bond acceptors (Lipinski definition) is 3. The molecule has 0 unspecified atom stereocenters. The van der Waals surface area contributed by atoms with E-state index in [2.05, 4.69) is 4.98 Å². The highest BCUT2D eigenvalue weighted by molar-refractivity contribution is 6.30. The molecule has 3 nitrogen and oxygen atoms in total. The monoisotopic (exact) mass is 285 g/mol. The number of pyridine rings is 1. The Morgan fingerprint density at radius 3 is 2.55 bits per heavy atom. The largest absolute Gasteiger partial charge is 0.439 e. The van der Waals surface area contributed by atoms with Gasteiger partial charge in [-0.15, -0.1) is 0 Å². The van der Waals surface area contributed by atoms with Gasteiger partial charge in [-0.2, -0.15) is 0 Å². The average molecular weight is 286 g/mol. The third kappa shape index (κ3) is 2.59. The first-order valence-corrected chi connectivity index (χ1v) is 6.57. The number of fused-ring (bicyclic) bond motifs is 1. The molecule has 1 aromatic heterocycles. The summed E-state index contributed by atoms with van der Waals surface area (Å²) in [6, 6.07) is 16.5. The van der Waals surface area contributed by atoms with Crippen molar-refractivity contribution in [3.8, 4) is 11.6 Å². The van der Waals surface area contributed by atoms with Gasteiger partial charge in [0, 0.05) is 16.5 Å². The highest BCUT2D eigenvalue weighted by atomic mass is 35.5. The topological polar surface area (TPSA) is 42.4 Å². The van der Waals surface area contributed by atoms with Crippen molar-refractivity contribution in [2.45, 2.75) is 6.61 Å². The molecule has 0 radical (unpaired) electrons. The van der Waals surface area contributed by atoms with E-state index in [4.69, 9.17) is 16.3 Å². The molecule has 3 rings (SSSR count). The number of para-hydroxylation sites is 1. The summed E-state index contributed by atoms with van der Waals surface area (Å²) in [7, 11) is 0. The van der Waals surface area contributed by atoms with Gasteiger partial charge in [0.05, 0.1) is 12.1 Å². The summed E-state index contributed by atoms with van der Waals surface area (Å²) >= 11 is 5.84. The molecule has 0 aliphatic carbocycles. The molecule has 0 bridgehead atoms. The molecule has 0 fully saturated rings. The highest BCUT2D eigenvalue weighted by Gasteiger charge is 2.06. The summed E-state index contributed by atoms with van der Waals surface area (Å²) in [4.78, 5) is 4.44. The Bertz CT molecular complexity index is 741. The number of aromatic nitrogens is 1. The predicted molar refractivity (Wildman–Crippen MR) is 79.2 cm³/mol. The van der Waals surface area contributed by atoms with E-state index in [1.807, 2.05) is 24.3 Å². The third-order valence-corrected chi connectivity index (χ3v) is 3.24. The smallest absolute Gasteiger partial charge is 0.220 e. The Balaban J connectivity index is 2.01. The second-order valence-corrected chi connectivity index (χ2v) is 4.79. The molecule has 0 atom stereocenters. The number of rotatable bonds is 3. The van der Waals surface area contributed by atoms with Gasteiger partial charge in [0.1, 0.15) is 5.75 Å². The lowest BCUT2D eigenvalue weighted by molar-refractivity contribution is 0.282. The van der Waals surface area contributed by atoms with Gasteiger partial charge < -0.3 is 9.84 Å². The van der Waals surface area contributed by atoms with Gasteiger partial charge in [-0.3, -0.25) is 0 Å². The van der Waals surface area contributed by atoms with Gasteiger partial charge >= 0.3 is 0 Å². The van der Waals surface area contributed by atoms with Crippen LogP contribution in [0.1, 0.15) is 5.56 Å². The first kappa shape index (κ1) is 12.9. The van der Waals surface area contributed by atoms with Crippen molar-refractivity contribution in [2.24, 2.45) is 0 Å². The molecule has 4 heteroatoms. The normalized spacial score (nSPS) is 10.7. The maximum atomic E-state index is 9.46. The van der Waals surface area contributed by atoms with Crippen LogP contribution in [0.5, 0.6) is 11.6 Å². The van der Waals surface area contributed by atoms with Crippen LogP contribution in [0.2, 0.25) is 5.02 Å². The molecule has 0 spiro atoms. The summed E-state index contributed by atoms with van der Waals surface area (Å²) in [5.74, 6) is 1.11. The highest BCUT2D eigenvalue weighted by Crippen LogP contribution is 2.26. The van der Waals surface area contributed by atoms with Crippen molar-refractivity contribution in [1.82, 2.24) is 4.98 Å². The quantitative estimate of drug-likeness (QED) is 0.785. The lowest BCUT2D eigenvalue weighted by atomic mass is 10.1. The summed E-state index contributed by atoms with van der Waals surface area (Å²) in [5.41, 5.74) is 1.59. The van der Waals surface area contributed by atoms with Crippen molar-refractivity contribution in [2.75, 3.05) is 0 Å². The van der Waals surface area contributed by atoms with E-state index in [-0.39, 0.29) is 6.61 Å². The first-order valence-electron chi connectivity index (χ1n) is 6.19. The summed E-state index contributed by atoms with van der Waals surface area (Å²) < 4.78 is 5.70. The molecule has 100 valence electrons. The van der Waals surface area contributed by atoms with Crippen LogP contribution in [0.4, 0.5) is 0 Å². The van der Waals surface area contributed by atoms with Gasteiger partial charge in [-0.1, -0.05) is 29.8 Å². The minimum Gasteiger partial charge on any atom is -0.439 e. The molecular formula is C16H12ClNO2. The number of aliphatic hydroxyl groups excluding tert-OH is 1. The van der Waals surface area contributed by atoms with E-state index in [1.54, 1.807) is 30.3 Å². The summed E-state index contributed by atoms with van der Waals surface area (Å²) in [6.45, 7) is -0.0555. The van der Waals surface area contributed by atoms with Crippen LogP contribution in [0.3, 0.4) is 0 Å². The second-order valence-electron chi connectivity index (χ2n) is 4.35. The van der Waals surface area contributed by atoms with Crippen molar-refractivity contribution in [3.05, 3.63) is 65.2 Å². The van der Waals surface area contributed by atoms with Crippen LogP contribution in [0.15, 0.2) is 54.6 Å².